The molecule has 2 aliphatic rings. The molecule has 2 fully saturated rings. The van der Waals surface area contributed by atoms with Crippen LogP contribution in [-0.4, -0.2) is 33.2 Å². The molecule has 0 aliphatic heterocycles. The van der Waals surface area contributed by atoms with Crippen molar-refractivity contribution in [3.05, 3.63) is 18.3 Å². The molecule has 0 radical (unpaired) electrons. The van der Waals surface area contributed by atoms with Gasteiger partial charge in [-0.05, 0) is 37.8 Å². The van der Waals surface area contributed by atoms with E-state index in [0.29, 0.717) is 22.9 Å². The van der Waals surface area contributed by atoms with E-state index in [0.717, 1.165) is 42.4 Å². The fourth-order valence-electron chi connectivity index (χ4n) is 3.39. The first-order valence-corrected chi connectivity index (χ1v) is 9.83. The number of hydrogen-bond donors (Lipinski definition) is 1. The van der Waals surface area contributed by atoms with E-state index >= 15 is 0 Å². The second-order valence-electron chi connectivity index (χ2n) is 6.46. The normalized spacial score (nSPS) is 18.2. The minimum atomic E-state index is -2.35. The van der Waals surface area contributed by atoms with E-state index in [1.54, 1.807) is 18.0 Å². The summed E-state index contributed by atoms with van der Waals surface area (Å²) in [5.74, 6) is 0.856. The zero-order valence-electron chi connectivity index (χ0n) is 13.4. The molecule has 2 N–H and O–H groups in total. The Bertz CT molecular complexity index is 792. The van der Waals surface area contributed by atoms with Gasteiger partial charge in [-0.15, -0.1) is 0 Å². The van der Waals surface area contributed by atoms with E-state index in [2.05, 4.69) is 10.1 Å². The Labute approximate surface area is 135 Å². The molecule has 2 saturated carbocycles. The number of anilines is 1. The average molecular weight is 332 g/mol. The molecule has 0 spiro atoms. The van der Waals surface area contributed by atoms with Crippen molar-refractivity contribution < 1.29 is 9.30 Å². The number of aryl methyl sites for hydroxylation is 1. The van der Waals surface area contributed by atoms with Gasteiger partial charge >= 0.3 is 0 Å². The number of ether oxygens (including phenoxy) is 1. The third-order valence-electron chi connectivity index (χ3n) is 4.80. The van der Waals surface area contributed by atoms with E-state index < -0.39 is 7.14 Å². The second-order valence-corrected chi connectivity index (χ2v) is 9.80. The lowest BCUT2D eigenvalue weighted by molar-refractivity contribution is 0.417. The molecule has 0 amide bonds. The molecule has 2 aliphatic carbocycles. The Morgan fingerprint density at radius 1 is 1.30 bits per heavy atom. The van der Waals surface area contributed by atoms with Crippen LogP contribution in [0.5, 0.6) is 5.75 Å². The summed E-state index contributed by atoms with van der Waals surface area (Å²) in [6.07, 6.45) is 5.97. The SMILES string of the molecule is COc1c(-c2cc(P(=O)(C3CC3)C3CC3)n(C)n2)ccnc1N. The van der Waals surface area contributed by atoms with E-state index in [9.17, 15) is 4.57 Å². The molecule has 0 saturated heterocycles. The first-order chi connectivity index (χ1) is 11.1. The van der Waals surface area contributed by atoms with Crippen molar-refractivity contribution in [2.24, 2.45) is 7.05 Å². The predicted octanol–water partition coefficient (Wildman–Crippen LogP) is 2.39. The van der Waals surface area contributed by atoms with E-state index in [1.807, 2.05) is 19.2 Å². The summed E-state index contributed by atoms with van der Waals surface area (Å²) in [7, 11) is 1.10. The summed E-state index contributed by atoms with van der Waals surface area (Å²) in [5, 5.41) is 4.60. The van der Waals surface area contributed by atoms with Gasteiger partial charge in [0.1, 0.15) is 7.14 Å². The van der Waals surface area contributed by atoms with Gasteiger partial charge in [-0.3, -0.25) is 4.68 Å². The Hall–Kier alpha value is -1.81. The fourth-order valence-corrected chi connectivity index (χ4v) is 7.38. The van der Waals surface area contributed by atoms with Gasteiger partial charge in [0.15, 0.2) is 11.6 Å². The molecule has 2 heterocycles. The number of nitrogens with zero attached hydrogens (tertiary/aromatic N) is 3. The van der Waals surface area contributed by atoms with Crippen LogP contribution in [0.1, 0.15) is 25.7 Å². The second kappa shape index (κ2) is 5.10. The molecular weight excluding hydrogens is 311 g/mol. The van der Waals surface area contributed by atoms with Crippen LogP contribution in [-0.2, 0) is 11.6 Å². The Kier molecular flexibility index (Phi) is 3.27. The number of hydrogen-bond acceptors (Lipinski definition) is 5. The Balaban J connectivity index is 1.82. The molecular formula is C16H21N4O2P. The first-order valence-electron chi connectivity index (χ1n) is 7.98. The minimum Gasteiger partial charge on any atom is -0.492 e. The maximum absolute atomic E-state index is 13.7. The van der Waals surface area contributed by atoms with Crippen LogP contribution in [0.3, 0.4) is 0 Å². The van der Waals surface area contributed by atoms with Crippen molar-refractivity contribution in [1.29, 1.82) is 0 Å². The number of nitrogen functional groups attached to an aromatic ring is 1. The zero-order chi connectivity index (χ0) is 16.2. The molecule has 122 valence electrons. The van der Waals surface area contributed by atoms with Gasteiger partial charge in [0.05, 0.1) is 18.2 Å². The van der Waals surface area contributed by atoms with Gasteiger partial charge in [-0.1, -0.05) is 0 Å². The molecule has 6 nitrogen and oxygen atoms in total. The highest BCUT2D eigenvalue weighted by Gasteiger charge is 2.53. The average Bonchev–Trinajstić information content (AvgIpc) is 3.43. The number of methoxy groups -OCH3 is 1. The van der Waals surface area contributed by atoms with Gasteiger partial charge in [-0.25, -0.2) is 4.98 Å². The van der Waals surface area contributed by atoms with E-state index in [-0.39, 0.29) is 0 Å². The van der Waals surface area contributed by atoms with Gasteiger partial charge in [-0.2, -0.15) is 5.10 Å². The molecule has 4 rings (SSSR count). The zero-order valence-corrected chi connectivity index (χ0v) is 14.3. The van der Waals surface area contributed by atoms with Crippen LogP contribution in [0, 0.1) is 0 Å². The van der Waals surface area contributed by atoms with Crippen LogP contribution in [0.2, 0.25) is 0 Å². The van der Waals surface area contributed by atoms with Gasteiger partial charge in [0.25, 0.3) is 0 Å². The Morgan fingerprint density at radius 2 is 1.96 bits per heavy atom. The summed E-state index contributed by atoms with van der Waals surface area (Å²) in [6.45, 7) is 0. The summed E-state index contributed by atoms with van der Waals surface area (Å²) in [5.41, 5.74) is 9.05. The monoisotopic (exact) mass is 332 g/mol. The van der Waals surface area contributed by atoms with Crippen molar-refractivity contribution in [2.45, 2.75) is 37.0 Å². The first kappa shape index (κ1) is 14.8. The molecule has 0 unspecified atom stereocenters. The van der Waals surface area contributed by atoms with Crippen LogP contribution >= 0.6 is 7.14 Å². The lowest BCUT2D eigenvalue weighted by atomic mass is 10.2. The molecule has 0 atom stereocenters. The van der Waals surface area contributed by atoms with Crippen molar-refractivity contribution in [1.82, 2.24) is 14.8 Å². The highest BCUT2D eigenvalue weighted by atomic mass is 31.2. The van der Waals surface area contributed by atoms with Crippen LogP contribution < -0.4 is 15.9 Å². The summed E-state index contributed by atoms with van der Waals surface area (Å²) in [6, 6.07) is 3.80. The molecule has 7 heteroatoms. The molecule has 0 aromatic carbocycles. The minimum absolute atomic E-state index is 0.338. The van der Waals surface area contributed by atoms with Crippen molar-refractivity contribution >= 4 is 18.4 Å². The molecule has 2 aromatic rings. The van der Waals surface area contributed by atoms with Crippen LogP contribution in [0.4, 0.5) is 5.82 Å². The van der Waals surface area contributed by atoms with Gasteiger partial charge in [0.2, 0.25) is 0 Å². The lowest BCUT2D eigenvalue weighted by Crippen LogP contribution is -2.20. The van der Waals surface area contributed by atoms with E-state index in [4.69, 9.17) is 10.5 Å². The third kappa shape index (κ3) is 2.27. The number of pyridine rings is 1. The highest BCUT2D eigenvalue weighted by molar-refractivity contribution is 7.73. The topological polar surface area (TPSA) is 83.0 Å². The van der Waals surface area contributed by atoms with Gasteiger partial charge < -0.3 is 15.0 Å². The van der Waals surface area contributed by atoms with Crippen LogP contribution in [0.25, 0.3) is 11.3 Å². The fraction of sp³-hybridized carbons (Fsp3) is 0.500. The largest absolute Gasteiger partial charge is 0.492 e. The van der Waals surface area contributed by atoms with Crippen molar-refractivity contribution in [3.8, 4) is 17.0 Å². The third-order valence-corrected chi connectivity index (χ3v) is 9.14. The van der Waals surface area contributed by atoms with Crippen molar-refractivity contribution in [2.75, 3.05) is 12.8 Å². The summed E-state index contributed by atoms with van der Waals surface area (Å²) >= 11 is 0. The number of rotatable bonds is 5. The highest BCUT2D eigenvalue weighted by Crippen LogP contribution is 2.69. The predicted molar refractivity (Wildman–Crippen MR) is 90.7 cm³/mol. The molecule has 0 bridgehead atoms. The summed E-state index contributed by atoms with van der Waals surface area (Å²) in [4.78, 5) is 4.05. The number of aromatic nitrogens is 3. The van der Waals surface area contributed by atoms with Gasteiger partial charge in [0, 0.05) is 30.1 Å². The molecule has 2 aromatic heterocycles. The molecule has 23 heavy (non-hydrogen) atoms. The summed E-state index contributed by atoms with van der Waals surface area (Å²) < 4.78 is 20.9. The standard InChI is InChI=1S/C16H21N4O2P/c1-20-14(23(21,10-3-4-10)11-5-6-11)9-13(19-20)12-7-8-18-16(17)15(12)22-2/h7-11H,3-6H2,1-2H3,(H2,17,18). The maximum atomic E-state index is 13.7. The van der Waals surface area contributed by atoms with Crippen LogP contribution in [0.15, 0.2) is 18.3 Å². The maximum Gasteiger partial charge on any atom is 0.170 e. The smallest absolute Gasteiger partial charge is 0.170 e. The quantitative estimate of drug-likeness (QED) is 0.850. The lowest BCUT2D eigenvalue weighted by Gasteiger charge is -2.17. The number of nitrogens with two attached hydrogens (primary N) is 1. The Morgan fingerprint density at radius 3 is 2.52 bits per heavy atom. The van der Waals surface area contributed by atoms with Crippen molar-refractivity contribution in [3.63, 3.8) is 0 Å². The van der Waals surface area contributed by atoms with E-state index in [1.165, 1.54) is 0 Å².